The molecule has 0 amide bonds. The smallest absolute Gasteiger partial charge is 0.0305 e. The third kappa shape index (κ3) is 3.67. The van der Waals surface area contributed by atoms with Gasteiger partial charge in [-0.2, -0.15) is 0 Å². The number of hydrogen-bond donors (Lipinski definition) is 1. The monoisotopic (exact) mass is 323 g/mol. The molecular formula is C15H18BrNS. The third-order valence-corrected chi connectivity index (χ3v) is 4.78. The molecule has 0 saturated heterocycles. The molecule has 1 atom stereocenters. The van der Waals surface area contributed by atoms with Gasteiger partial charge in [0.15, 0.2) is 0 Å². The molecule has 0 aliphatic heterocycles. The van der Waals surface area contributed by atoms with E-state index in [1.165, 1.54) is 15.3 Å². The molecule has 0 fully saturated rings. The number of aryl methyl sites for hydroxylation is 1. The van der Waals surface area contributed by atoms with Crippen LogP contribution >= 0.6 is 27.3 Å². The van der Waals surface area contributed by atoms with E-state index < -0.39 is 0 Å². The van der Waals surface area contributed by atoms with E-state index in [2.05, 4.69) is 71.5 Å². The van der Waals surface area contributed by atoms with Crippen molar-refractivity contribution in [3.63, 3.8) is 0 Å². The van der Waals surface area contributed by atoms with Gasteiger partial charge < -0.3 is 5.32 Å². The highest BCUT2D eigenvalue weighted by molar-refractivity contribution is 9.10. The number of rotatable bonds is 5. The van der Waals surface area contributed by atoms with Gasteiger partial charge in [0.05, 0.1) is 0 Å². The van der Waals surface area contributed by atoms with Gasteiger partial charge in [0.1, 0.15) is 0 Å². The Bertz CT molecular complexity index is 489. The first-order chi connectivity index (χ1) is 8.69. The summed E-state index contributed by atoms with van der Waals surface area (Å²) in [5, 5.41) is 3.57. The van der Waals surface area contributed by atoms with Crippen LogP contribution in [0, 0.1) is 0 Å². The molecule has 0 aliphatic carbocycles. The fourth-order valence-electron chi connectivity index (χ4n) is 1.83. The molecule has 0 saturated carbocycles. The summed E-state index contributed by atoms with van der Waals surface area (Å²) < 4.78 is 1.13. The van der Waals surface area contributed by atoms with Crippen molar-refractivity contribution in [2.75, 3.05) is 0 Å². The zero-order chi connectivity index (χ0) is 13.0. The second-order valence-corrected chi connectivity index (χ2v) is 6.54. The highest BCUT2D eigenvalue weighted by Gasteiger charge is 2.05. The van der Waals surface area contributed by atoms with Crippen LogP contribution < -0.4 is 5.32 Å². The molecule has 18 heavy (non-hydrogen) atoms. The summed E-state index contributed by atoms with van der Waals surface area (Å²) in [6.07, 6.45) is 1.13. The molecule has 96 valence electrons. The average molecular weight is 324 g/mol. The number of hydrogen-bond acceptors (Lipinski definition) is 2. The fraction of sp³-hybridized carbons (Fsp3) is 0.333. The van der Waals surface area contributed by atoms with E-state index in [0.717, 1.165) is 17.4 Å². The quantitative estimate of drug-likeness (QED) is 0.823. The Balaban J connectivity index is 1.91. The van der Waals surface area contributed by atoms with Crippen molar-refractivity contribution in [2.24, 2.45) is 0 Å². The minimum absolute atomic E-state index is 0.380. The number of benzene rings is 1. The summed E-state index contributed by atoms with van der Waals surface area (Å²) in [5.74, 6) is 0. The zero-order valence-electron chi connectivity index (χ0n) is 10.7. The Morgan fingerprint density at radius 3 is 2.39 bits per heavy atom. The molecule has 0 unspecified atom stereocenters. The standard InChI is InChI=1S/C15H18BrNS/c1-3-14-8-9-15(18-14)10-17-11(2)12-4-6-13(16)7-5-12/h4-9,11,17H,3,10H2,1-2H3/t11-/m0/s1. The average Bonchev–Trinajstić information content (AvgIpc) is 2.85. The van der Waals surface area contributed by atoms with E-state index in [4.69, 9.17) is 0 Å². The van der Waals surface area contributed by atoms with E-state index in [9.17, 15) is 0 Å². The lowest BCUT2D eigenvalue weighted by molar-refractivity contribution is 0.579. The Morgan fingerprint density at radius 1 is 1.11 bits per heavy atom. The Kier molecular flexibility index (Phi) is 4.98. The van der Waals surface area contributed by atoms with Gasteiger partial charge in [-0.05, 0) is 43.2 Å². The second kappa shape index (κ2) is 6.50. The molecule has 0 aliphatic rings. The SMILES string of the molecule is CCc1ccc(CN[C@@H](C)c2ccc(Br)cc2)s1. The molecule has 0 spiro atoms. The number of halogens is 1. The topological polar surface area (TPSA) is 12.0 Å². The maximum Gasteiger partial charge on any atom is 0.0305 e. The molecule has 1 aromatic carbocycles. The first-order valence-electron chi connectivity index (χ1n) is 6.25. The first kappa shape index (κ1) is 13.8. The minimum atomic E-state index is 0.380. The largest absolute Gasteiger partial charge is 0.305 e. The van der Waals surface area contributed by atoms with Gasteiger partial charge in [0.25, 0.3) is 0 Å². The lowest BCUT2D eigenvalue weighted by Crippen LogP contribution is -2.17. The predicted molar refractivity (Wildman–Crippen MR) is 83.1 cm³/mol. The Hall–Kier alpha value is -0.640. The van der Waals surface area contributed by atoms with E-state index in [0.29, 0.717) is 6.04 Å². The molecule has 3 heteroatoms. The maximum atomic E-state index is 3.57. The first-order valence-corrected chi connectivity index (χ1v) is 7.86. The fourth-order valence-corrected chi connectivity index (χ4v) is 3.00. The van der Waals surface area contributed by atoms with Crippen molar-refractivity contribution in [3.8, 4) is 0 Å². The van der Waals surface area contributed by atoms with E-state index in [1.54, 1.807) is 0 Å². The summed E-state index contributed by atoms with van der Waals surface area (Å²) in [6.45, 7) is 5.35. The van der Waals surface area contributed by atoms with Gasteiger partial charge in [-0.25, -0.2) is 0 Å². The normalized spacial score (nSPS) is 12.6. The van der Waals surface area contributed by atoms with Crippen LogP contribution in [0.3, 0.4) is 0 Å². The molecular weight excluding hydrogens is 306 g/mol. The zero-order valence-corrected chi connectivity index (χ0v) is 13.1. The highest BCUT2D eigenvalue weighted by atomic mass is 79.9. The number of thiophene rings is 1. The summed E-state index contributed by atoms with van der Waals surface area (Å²) in [5.41, 5.74) is 1.32. The van der Waals surface area contributed by atoms with Gasteiger partial charge in [-0.3, -0.25) is 0 Å². The van der Waals surface area contributed by atoms with Crippen molar-refractivity contribution >= 4 is 27.3 Å². The van der Waals surface area contributed by atoms with Crippen LogP contribution in [0.4, 0.5) is 0 Å². The lowest BCUT2D eigenvalue weighted by atomic mass is 10.1. The molecule has 1 heterocycles. The van der Waals surface area contributed by atoms with Gasteiger partial charge in [-0.1, -0.05) is 35.0 Å². The Labute approximate surface area is 121 Å². The lowest BCUT2D eigenvalue weighted by Gasteiger charge is -2.13. The van der Waals surface area contributed by atoms with Crippen LogP contribution in [0.1, 0.15) is 35.2 Å². The highest BCUT2D eigenvalue weighted by Crippen LogP contribution is 2.20. The van der Waals surface area contributed by atoms with Gasteiger partial charge >= 0.3 is 0 Å². The van der Waals surface area contributed by atoms with Crippen LogP contribution in [0.2, 0.25) is 0 Å². The molecule has 1 aromatic heterocycles. The van der Waals surface area contributed by atoms with Crippen molar-refractivity contribution in [2.45, 2.75) is 32.9 Å². The van der Waals surface area contributed by atoms with E-state index >= 15 is 0 Å². The summed E-state index contributed by atoms with van der Waals surface area (Å²) >= 11 is 5.36. The van der Waals surface area contributed by atoms with Crippen LogP contribution in [0.15, 0.2) is 40.9 Å². The number of nitrogens with one attached hydrogen (secondary N) is 1. The van der Waals surface area contributed by atoms with Crippen molar-refractivity contribution in [1.29, 1.82) is 0 Å². The molecule has 1 N–H and O–H groups in total. The summed E-state index contributed by atoms with van der Waals surface area (Å²) in [7, 11) is 0. The van der Waals surface area contributed by atoms with Gasteiger partial charge in [-0.15, -0.1) is 11.3 Å². The predicted octanol–water partition coefficient (Wildman–Crippen LogP) is 4.92. The van der Waals surface area contributed by atoms with E-state index in [1.807, 2.05) is 11.3 Å². The second-order valence-electron chi connectivity index (χ2n) is 4.38. The molecule has 0 bridgehead atoms. The van der Waals surface area contributed by atoms with Crippen molar-refractivity contribution in [1.82, 2.24) is 5.32 Å². The molecule has 2 aromatic rings. The summed E-state index contributed by atoms with van der Waals surface area (Å²) in [4.78, 5) is 2.87. The molecule has 2 rings (SSSR count). The van der Waals surface area contributed by atoms with Gasteiger partial charge in [0, 0.05) is 26.8 Å². The minimum Gasteiger partial charge on any atom is -0.305 e. The summed E-state index contributed by atoms with van der Waals surface area (Å²) in [6, 6.07) is 13.3. The van der Waals surface area contributed by atoms with Gasteiger partial charge in [0.2, 0.25) is 0 Å². The maximum absolute atomic E-state index is 3.57. The molecule has 1 nitrogen and oxygen atoms in total. The van der Waals surface area contributed by atoms with Crippen LogP contribution in [0.25, 0.3) is 0 Å². The third-order valence-electron chi connectivity index (χ3n) is 3.02. The van der Waals surface area contributed by atoms with Crippen molar-refractivity contribution in [3.05, 3.63) is 56.2 Å². The van der Waals surface area contributed by atoms with Crippen LogP contribution in [-0.4, -0.2) is 0 Å². The van der Waals surface area contributed by atoms with Crippen LogP contribution in [-0.2, 0) is 13.0 Å². The van der Waals surface area contributed by atoms with E-state index in [-0.39, 0.29) is 0 Å². The Morgan fingerprint density at radius 2 is 1.78 bits per heavy atom. The molecule has 0 radical (unpaired) electrons. The van der Waals surface area contributed by atoms with Crippen LogP contribution in [0.5, 0.6) is 0 Å². The van der Waals surface area contributed by atoms with Crippen molar-refractivity contribution < 1.29 is 0 Å².